The zero-order chi connectivity index (χ0) is 17.3. The molecule has 3 aliphatic heterocycles. The van der Waals surface area contributed by atoms with Crippen molar-refractivity contribution in [3.05, 3.63) is 53.7 Å². The van der Waals surface area contributed by atoms with Gasteiger partial charge in [-0.15, -0.1) is 0 Å². The fourth-order valence-corrected chi connectivity index (χ4v) is 4.64. The van der Waals surface area contributed by atoms with E-state index in [1.54, 1.807) is 24.3 Å². The molecule has 0 spiro atoms. The molecule has 1 aromatic heterocycles. The second-order valence-corrected chi connectivity index (χ2v) is 7.79. The lowest BCUT2D eigenvalue weighted by atomic mass is 10.0. The fourth-order valence-electron chi connectivity index (χ4n) is 3.82. The molecule has 7 heteroatoms. The topological polar surface area (TPSA) is 79.6 Å². The number of para-hydroxylation sites is 1. The molecule has 25 heavy (non-hydrogen) atoms. The minimum absolute atomic E-state index is 0.136. The van der Waals surface area contributed by atoms with Crippen LogP contribution in [0.5, 0.6) is 0 Å². The number of ketones is 1. The number of allylic oxidation sites excluding steroid dienone is 1. The Hall–Kier alpha value is -2.64. The number of Topliss-reactive ketones (excluding diaryl/α,β-unsaturated/α-hetero) is 1. The van der Waals surface area contributed by atoms with Crippen molar-refractivity contribution in [3.8, 4) is 0 Å². The minimum Gasteiger partial charge on any atom is -0.367 e. The molecule has 3 aliphatic rings. The fraction of sp³-hybridized carbons (Fsp3) is 0.167. The Kier molecular flexibility index (Phi) is 2.77. The maximum Gasteiger partial charge on any atom is 0.364 e. The molecule has 3 saturated heterocycles. The van der Waals surface area contributed by atoms with Gasteiger partial charge in [0, 0.05) is 23.9 Å². The Morgan fingerprint density at radius 2 is 1.76 bits per heavy atom. The molecule has 3 aromatic rings. The lowest BCUT2D eigenvalue weighted by Gasteiger charge is -2.26. The van der Waals surface area contributed by atoms with Gasteiger partial charge in [0.05, 0.1) is 22.6 Å². The van der Waals surface area contributed by atoms with Crippen molar-refractivity contribution in [2.24, 2.45) is 5.92 Å². The molecular formula is C18H14N2O4S. The van der Waals surface area contributed by atoms with Gasteiger partial charge in [-0.2, -0.15) is 8.42 Å². The quantitative estimate of drug-likeness (QED) is 0.564. The molecule has 1 N–H and O–H groups in total. The van der Waals surface area contributed by atoms with E-state index in [9.17, 15) is 17.8 Å². The van der Waals surface area contributed by atoms with E-state index in [0.717, 1.165) is 39.1 Å². The summed E-state index contributed by atoms with van der Waals surface area (Å²) in [4.78, 5) is 14.2. The number of hydrogen-bond donors (Lipinski definition) is 1. The molecule has 126 valence electrons. The molecule has 0 unspecified atom stereocenters. The third kappa shape index (κ3) is 1.99. The first-order chi connectivity index (χ1) is 11.9. The first kappa shape index (κ1) is 14.7. The molecule has 0 amide bonds. The molecule has 3 fully saturated rings. The van der Waals surface area contributed by atoms with Crippen LogP contribution in [0.4, 0.5) is 0 Å². The van der Waals surface area contributed by atoms with Crippen molar-refractivity contribution in [1.82, 2.24) is 8.87 Å². The summed E-state index contributed by atoms with van der Waals surface area (Å²) in [6.07, 6.45) is 1.86. The number of rotatable bonds is 2. The number of nitrogens with zero attached hydrogens (tertiary/aromatic N) is 2. The van der Waals surface area contributed by atoms with Crippen molar-refractivity contribution in [1.29, 1.82) is 0 Å². The molecule has 0 radical (unpaired) electrons. The standard InChI is InChI=1S/C18H14N2O4S/c21-18-12-9-19(10-12)17(18)8-11-5-6-16-14(7-11)13-3-1-2-4-15(13)20(16)25(22,23)24/h1-8,12H,9-10H2,(H,22,23,24). The predicted octanol–water partition coefficient (Wildman–Crippen LogP) is 2.30. The molecule has 2 aromatic carbocycles. The minimum atomic E-state index is -4.42. The van der Waals surface area contributed by atoms with Crippen molar-refractivity contribution in [2.75, 3.05) is 13.1 Å². The highest BCUT2D eigenvalue weighted by Gasteiger charge is 2.45. The van der Waals surface area contributed by atoms with Gasteiger partial charge in [-0.1, -0.05) is 24.3 Å². The monoisotopic (exact) mass is 354 g/mol. The van der Waals surface area contributed by atoms with Gasteiger partial charge in [0.2, 0.25) is 0 Å². The number of fused-ring (bicyclic) bond motifs is 4. The van der Waals surface area contributed by atoms with Gasteiger partial charge in [-0.05, 0) is 29.8 Å². The van der Waals surface area contributed by atoms with E-state index in [2.05, 4.69) is 4.90 Å². The first-order valence-corrected chi connectivity index (χ1v) is 9.35. The summed E-state index contributed by atoms with van der Waals surface area (Å²) in [5.41, 5.74) is 2.39. The summed E-state index contributed by atoms with van der Waals surface area (Å²) in [7, 11) is -4.42. The third-order valence-electron chi connectivity index (χ3n) is 5.03. The molecule has 0 atom stereocenters. The third-order valence-corrected chi connectivity index (χ3v) is 5.89. The van der Waals surface area contributed by atoms with Crippen LogP contribution in [0.1, 0.15) is 5.56 Å². The van der Waals surface area contributed by atoms with Crippen molar-refractivity contribution in [3.63, 3.8) is 0 Å². The average molecular weight is 354 g/mol. The number of carbonyl (C=O) groups excluding carboxylic acids is 1. The predicted molar refractivity (Wildman–Crippen MR) is 94.4 cm³/mol. The number of carbonyl (C=O) groups is 1. The van der Waals surface area contributed by atoms with Crippen LogP contribution in [-0.2, 0) is 15.1 Å². The van der Waals surface area contributed by atoms with E-state index in [1.807, 2.05) is 24.3 Å². The van der Waals surface area contributed by atoms with E-state index in [1.165, 1.54) is 0 Å². The Morgan fingerprint density at radius 1 is 1.04 bits per heavy atom. The molecule has 0 aliphatic carbocycles. The number of aromatic nitrogens is 1. The van der Waals surface area contributed by atoms with Crippen LogP contribution in [0.25, 0.3) is 27.9 Å². The molecular weight excluding hydrogens is 340 g/mol. The van der Waals surface area contributed by atoms with Crippen LogP contribution in [0.15, 0.2) is 48.2 Å². The van der Waals surface area contributed by atoms with E-state index in [4.69, 9.17) is 0 Å². The van der Waals surface area contributed by atoms with Crippen LogP contribution in [0, 0.1) is 5.92 Å². The molecule has 4 heterocycles. The van der Waals surface area contributed by atoms with Gasteiger partial charge in [0.25, 0.3) is 0 Å². The van der Waals surface area contributed by atoms with Gasteiger partial charge >= 0.3 is 10.3 Å². The van der Waals surface area contributed by atoms with E-state index in [0.29, 0.717) is 11.0 Å². The van der Waals surface area contributed by atoms with Crippen molar-refractivity contribution < 1.29 is 17.8 Å². The summed E-state index contributed by atoms with van der Waals surface area (Å²) < 4.78 is 34.2. The smallest absolute Gasteiger partial charge is 0.364 e. The molecule has 0 saturated carbocycles. The summed E-state index contributed by atoms with van der Waals surface area (Å²) in [5.74, 6) is 0.317. The van der Waals surface area contributed by atoms with Gasteiger partial charge in [0.1, 0.15) is 0 Å². The van der Waals surface area contributed by atoms with Gasteiger partial charge < -0.3 is 4.90 Å². The highest BCUT2D eigenvalue weighted by Crippen LogP contribution is 2.36. The Labute approximate surface area is 143 Å². The van der Waals surface area contributed by atoms with Crippen LogP contribution in [0.3, 0.4) is 0 Å². The zero-order valence-electron chi connectivity index (χ0n) is 13.1. The second kappa shape index (κ2) is 4.71. The first-order valence-electron chi connectivity index (χ1n) is 7.95. The van der Waals surface area contributed by atoms with E-state index >= 15 is 0 Å². The summed E-state index contributed by atoms with van der Waals surface area (Å²) >= 11 is 0. The molecule has 6 rings (SSSR count). The van der Waals surface area contributed by atoms with Crippen LogP contribution in [0.2, 0.25) is 0 Å². The van der Waals surface area contributed by atoms with E-state index < -0.39 is 10.3 Å². The maximum atomic E-state index is 12.1. The SMILES string of the molecule is O=C1C(=Cc2ccc3c(c2)c2ccccc2n3S(=O)(=O)O)N2CC1C2. The highest BCUT2D eigenvalue weighted by molar-refractivity contribution is 7.84. The summed E-state index contributed by atoms with van der Waals surface area (Å²) in [5, 5.41) is 1.45. The Balaban J connectivity index is 1.77. The van der Waals surface area contributed by atoms with Gasteiger partial charge in [0.15, 0.2) is 5.78 Å². The van der Waals surface area contributed by atoms with Gasteiger partial charge in [-0.25, -0.2) is 3.97 Å². The lowest BCUT2D eigenvalue weighted by molar-refractivity contribution is -0.116. The Morgan fingerprint density at radius 3 is 2.44 bits per heavy atom. The van der Waals surface area contributed by atoms with Crippen molar-refractivity contribution in [2.45, 2.75) is 0 Å². The lowest BCUT2D eigenvalue weighted by Crippen LogP contribution is -2.35. The summed E-state index contributed by atoms with van der Waals surface area (Å²) in [6.45, 7) is 1.60. The van der Waals surface area contributed by atoms with Crippen LogP contribution < -0.4 is 0 Å². The summed E-state index contributed by atoms with van der Waals surface area (Å²) in [6, 6.07) is 12.3. The van der Waals surface area contributed by atoms with Crippen LogP contribution >= 0.6 is 0 Å². The Bertz CT molecular complexity index is 1200. The average Bonchev–Trinajstić information content (AvgIpc) is 3.11. The van der Waals surface area contributed by atoms with Gasteiger partial charge in [-0.3, -0.25) is 9.35 Å². The largest absolute Gasteiger partial charge is 0.367 e. The zero-order valence-corrected chi connectivity index (χ0v) is 13.9. The number of benzene rings is 2. The normalized spacial score (nSPS) is 19.3. The van der Waals surface area contributed by atoms with Crippen molar-refractivity contribution >= 4 is 44.0 Å². The number of hydrogen-bond acceptors (Lipinski definition) is 4. The molecule has 6 nitrogen and oxygen atoms in total. The highest BCUT2D eigenvalue weighted by atomic mass is 32.2. The molecule has 2 bridgehead atoms. The maximum absolute atomic E-state index is 12.1. The van der Waals surface area contributed by atoms with Crippen LogP contribution in [-0.4, -0.2) is 40.7 Å². The second-order valence-electron chi connectivity index (χ2n) is 6.53. The van der Waals surface area contributed by atoms with E-state index in [-0.39, 0.29) is 11.7 Å².